The standard InChI is InChI=1S/C19H18B3F3N8O/c1-33-9-13(34)30-14-15(18(20,21)22)31-17(32-16(14)33)29-8-11(4-26)6-27-5-10-2-3-12(28-7-10)19(23,24)25/h2-4,6-7H,5,8-9,26H2,1H3,(H,30,34)(H,29,31,32)/b11-4+,27-6?. The number of pyridine rings is 1. The number of nitrogens with one attached hydrogen (secondary N) is 2. The number of amides is 1. The van der Waals surface area contributed by atoms with E-state index in [9.17, 15) is 18.0 Å². The van der Waals surface area contributed by atoms with Gasteiger partial charge in [0.15, 0.2) is 5.82 Å². The number of carbonyl (C=O) groups excluding carboxylic acids is 1. The fraction of sp³-hybridized carbons (Fsp3) is 0.316. The molecule has 0 unspecified atom stereocenters. The maximum atomic E-state index is 12.6. The first kappa shape index (κ1) is 25.1. The zero-order chi connectivity index (χ0) is 25.1. The Kier molecular flexibility index (Phi) is 7.22. The molecule has 0 fully saturated rings. The van der Waals surface area contributed by atoms with Crippen molar-refractivity contribution < 1.29 is 18.0 Å². The van der Waals surface area contributed by atoms with E-state index >= 15 is 0 Å². The van der Waals surface area contributed by atoms with Crippen LogP contribution in [0.1, 0.15) is 17.0 Å². The Morgan fingerprint density at radius 2 is 2.06 bits per heavy atom. The van der Waals surface area contributed by atoms with Crippen LogP contribution in [-0.2, 0) is 22.6 Å². The van der Waals surface area contributed by atoms with Crippen LogP contribution in [0.3, 0.4) is 0 Å². The average Bonchev–Trinajstić information content (AvgIpc) is 2.75. The highest BCUT2D eigenvalue weighted by Gasteiger charge is 2.32. The molecular weight excluding hydrogens is 446 g/mol. The molecule has 1 aliphatic heterocycles. The molecular formula is C19H18B3F3N8O. The Morgan fingerprint density at radius 3 is 2.65 bits per heavy atom. The van der Waals surface area contributed by atoms with Gasteiger partial charge in [0.1, 0.15) is 11.4 Å². The minimum absolute atomic E-state index is 0.0293. The Bertz CT molecular complexity index is 1120. The molecule has 6 radical (unpaired) electrons. The predicted octanol–water partition coefficient (Wildman–Crippen LogP) is 0.420. The second-order valence-electron chi connectivity index (χ2n) is 7.55. The van der Waals surface area contributed by atoms with Gasteiger partial charge < -0.3 is 21.3 Å². The summed E-state index contributed by atoms with van der Waals surface area (Å²) in [5.74, 6) is 0.208. The molecule has 0 bridgehead atoms. The molecule has 9 nitrogen and oxygen atoms in total. The van der Waals surface area contributed by atoms with Crippen LogP contribution in [-0.4, -0.2) is 70.7 Å². The molecule has 0 saturated carbocycles. The van der Waals surface area contributed by atoms with E-state index in [1.54, 1.807) is 11.9 Å². The highest BCUT2D eigenvalue weighted by atomic mass is 19.4. The molecule has 170 valence electrons. The smallest absolute Gasteiger partial charge is 0.404 e. The van der Waals surface area contributed by atoms with Crippen molar-refractivity contribution in [1.29, 1.82) is 0 Å². The monoisotopic (exact) mass is 464 g/mol. The first-order chi connectivity index (χ1) is 15.9. The molecule has 2 aromatic heterocycles. The number of carbonyl (C=O) groups is 1. The Hall–Kier alpha value is -3.51. The van der Waals surface area contributed by atoms with Crippen LogP contribution in [0.25, 0.3) is 0 Å². The second kappa shape index (κ2) is 9.78. The summed E-state index contributed by atoms with van der Waals surface area (Å²) in [6, 6.07) is 2.19. The summed E-state index contributed by atoms with van der Waals surface area (Å²) in [4.78, 5) is 29.6. The van der Waals surface area contributed by atoms with E-state index in [2.05, 4.69) is 30.6 Å². The number of aliphatic imine (C=N–C) groups is 1. The Balaban J connectivity index is 1.70. The van der Waals surface area contributed by atoms with Crippen LogP contribution < -0.4 is 21.3 Å². The van der Waals surface area contributed by atoms with Gasteiger partial charge in [-0.25, -0.2) is 4.98 Å². The van der Waals surface area contributed by atoms with Gasteiger partial charge in [0, 0.05) is 37.8 Å². The van der Waals surface area contributed by atoms with E-state index in [0.29, 0.717) is 17.0 Å². The quantitative estimate of drug-likeness (QED) is 0.402. The van der Waals surface area contributed by atoms with E-state index in [4.69, 9.17) is 29.3 Å². The minimum atomic E-state index is -4.50. The Labute approximate surface area is 197 Å². The SMILES string of the molecule is [B]C([B])([B])c1nc(NC/C(C=NCc2ccc(C(F)(F)F)nc2)=C/N)nc2c1NC(=O)CN2C. The fourth-order valence-corrected chi connectivity index (χ4v) is 2.98. The number of alkyl halides is 3. The summed E-state index contributed by atoms with van der Waals surface area (Å²) in [5.41, 5.74) is 5.94. The van der Waals surface area contributed by atoms with Gasteiger partial charge in [-0.3, -0.25) is 14.8 Å². The number of likely N-dealkylation sites (N-methyl/N-ethyl adjacent to an activating group) is 1. The number of hydrogen-bond acceptors (Lipinski definition) is 8. The summed E-state index contributed by atoms with van der Waals surface area (Å²) in [7, 11) is 19.1. The van der Waals surface area contributed by atoms with Crippen molar-refractivity contribution in [2.45, 2.75) is 17.8 Å². The molecule has 4 N–H and O–H groups in total. The number of hydrogen-bond donors (Lipinski definition) is 3. The molecule has 3 heterocycles. The van der Waals surface area contributed by atoms with Crippen molar-refractivity contribution in [3.05, 3.63) is 47.1 Å². The third-order valence-corrected chi connectivity index (χ3v) is 4.62. The van der Waals surface area contributed by atoms with Gasteiger partial charge in [-0.15, -0.1) is 0 Å². The van der Waals surface area contributed by atoms with Gasteiger partial charge in [-0.1, -0.05) is 11.2 Å². The van der Waals surface area contributed by atoms with Crippen molar-refractivity contribution in [2.24, 2.45) is 10.7 Å². The molecule has 0 atom stereocenters. The lowest BCUT2D eigenvalue weighted by Gasteiger charge is -2.32. The highest BCUT2D eigenvalue weighted by molar-refractivity contribution is 6.59. The molecule has 1 amide bonds. The topological polar surface area (TPSA) is 121 Å². The Morgan fingerprint density at radius 1 is 1.32 bits per heavy atom. The van der Waals surface area contributed by atoms with Gasteiger partial charge in [-0.05, 0) is 11.6 Å². The van der Waals surface area contributed by atoms with Gasteiger partial charge in [0.25, 0.3) is 0 Å². The predicted molar refractivity (Wildman–Crippen MR) is 125 cm³/mol. The van der Waals surface area contributed by atoms with Crippen LogP contribution in [0.5, 0.6) is 0 Å². The van der Waals surface area contributed by atoms with Gasteiger partial charge in [-0.2, -0.15) is 18.2 Å². The first-order valence-electron chi connectivity index (χ1n) is 9.85. The van der Waals surface area contributed by atoms with Crippen LogP contribution in [0, 0.1) is 0 Å². The lowest BCUT2D eigenvalue weighted by Crippen LogP contribution is -2.40. The van der Waals surface area contributed by atoms with Crippen molar-refractivity contribution in [2.75, 3.05) is 35.7 Å². The number of halogens is 3. The van der Waals surface area contributed by atoms with E-state index in [-0.39, 0.29) is 42.9 Å². The maximum absolute atomic E-state index is 12.6. The molecule has 34 heavy (non-hydrogen) atoms. The lowest BCUT2D eigenvalue weighted by atomic mass is 9.41. The third-order valence-electron chi connectivity index (χ3n) is 4.62. The van der Waals surface area contributed by atoms with Gasteiger partial charge >= 0.3 is 6.18 Å². The summed E-state index contributed by atoms with van der Waals surface area (Å²) in [5, 5.41) is 3.74. The van der Waals surface area contributed by atoms with Gasteiger partial charge in [0.05, 0.1) is 42.3 Å². The lowest BCUT2D eigenvalue weighted by molar-refractivity contribution is -0.141. The molecule has 2 aromatic rings. The summed E-state index contributed by atoms with van der Waals surface area (Å²) in [6.45, 7) is 0.309. The average molecular weight is 464 g/mol. The normalized spacial score (nSPS) is 14.8. The highest BCUT2D eigenvalue weighted by Crippen LogP contribution is 2.34. The fourth-order valence-electron chi connectivity index (χ4n) is 2.98. The third kappa shape index (κ3) is 6.09. The van der Waals surface area contributed by atoms with Crippen molar-refractivity contribution >= 4 is 53.1 Å². The maximum Gasteiger partial charge on any atom is 0.433 e. The van der Waals surface area contributed by atoms with Crippen LogP contribution in [0.4, 0.5) is 30.6 Å². The zero-order valence-electron chi connectivity index (χ0n) is 18.1. The van der Waals surface area contributed by atoms with Crippen LogP contribution in [0.15, 0.2) is 35.1 Å². The van der Waals surface area contributed by atoms with E-state index in [0.717, 1.165) is 12.3 Å². The number of rotatable bonds is 7. The van der Waals surface area contributed by atoms with E-state index in [1.165, 1.54) is 18.5 Å². The number of anilines is 3. The van der Waals surface area contributed by atoms with Crippen LogP contribution in [0.2, 0.25) is 0 Å². The molecule has 0 aromatic carbocycles. The van der Waals surface area contributed by atoms with Gasteiger partial charge in [0.2, 0.25) is 11.9 Å². The zero-order valence-corrected chi connectivity index (χ0v) is 18.1. The van der Waals surface area contributed by atoms with E-state index in [1.807, 2.05) is 0 Å². The summed E-state index contributed by atoms with van der Waals surface area (Å²) in [6.07, 6.45) is -0.637. The molecule has 3 rings (SSSR count). The number of aromatic nitrogens is 3. The number of nitrogens with two attached hydrogens (primary N) is 1. The molecule has 15 heteroatoms. The largest absolute Gasteiger partial charge is 0.433 e. The summed E-state index contributed by atoms with van der Waals surface area (Å²) >= 11 is 0. The number of nitrogens with zero attached hydrogens (tertiary/aromatic N) is 5. The number of fused-ring (bicyclic) bond motifs is 1. The molecule has 0 saturated heterocycles. The second-order valence-corrected chi connectivity index (χ2v) is 7.55. The molecule has 0 aliphatic carbocycles. The van der Waals surface area contributed by atoms with Crippen molar-refractivity contribution in [3.63, 3.8) is 0 Å². The van der Waals surface area contributed by atoms with Crippen LogP contribution >= 0.6 is 0 Å². The minimum Gasteiger partial charge on any atom is -0.404 e. The molecule has 0 spiro atoms. The summed E-state index contributed by atoms with van der Waals surface area (Å²) < 4.78 is 37.8. The van der Waals surface area contributed by atoms with Crippen molar-refractivity contribution in [1.82, 2.24) is 15.0 Å². The first-order valence-corrected chi connectivity index (χ1v) is 9.85. The van der Waals surface area contributed by atoms with E-state index < -0.39 is 17.0 Å². The van der Waals surface area contributed by atoms with Crippen molar-refractivity contribution in [3.8, 4) is 0 Å². The molecule has 1 aliphatic rings.